The summed E-state index contributed by atoms with van der Waals surface area (Å²) in [5, 5.41) is 2.96. The molecule has 1 aromatic carbocycles. The monoisotopic (exact) mass is 277 g/mol. The first-order valence-electron chi connectivity index (χ1n) is 5.53. The number of nitrogens with one attached hydrogen (secondary N) is 1. The maximum atomic E-state index is 11.7. The van der Waals surface area contributed by atoms with E-state index in [0.29, 0.717) is 22.3 Å². The van der Waals surface area contributed by atoms with Crippen LogP contribution in [0.1, 0.15) is 0 Å². The molecule has 0 fully saturated rings. The first-order valence-corrected chi connectivity index (χ1v) is 5.91. The normalized spacial score (nSPS) is 9.95. The minimum Gasteiger partial charge on any atom is -0.484 e. The molecule has 2 rings (SSSR count). The van der Waals surface area contributed by atoms with E-state index >= 15 is 0 Å². The number of nitrogen functional groups attached to an aromatic ring is 1. The minimum absolute atomic E-state index is 0.108. The van der Waals surface area contributed by atoms with Crippen LogP contribution in [0.4, 0.5) is 11.4 Å². The molecule has 1 aromatic heterocycles. The Kier molecular flexibility index (Phi) is 4.20. The van der Waals surface area contributed by atoms with Crippen molar-refractivity contribution in [2.75, 3.05) is 17.7 Å². The molecule has 3 N–H and O–H groups in total. The highest BCUT2D eigenvalue weighted by atomic mass is 35.5. The summed E-state index contributed by atoms with van der Waals surface area (Å²) < 4.78 is 5.31. The van der Waals surface area contributed by atoms with Crippen molar-refractivity contribution in [1.29, 1.82) is 0 Å². The molecule has 98 valence electrons. The van der Waals surface area contributed by atoms with Crippen molar-refractivity contribution in [3.63, 3.8) is 0 Å². The third kappa shape index (κ3) is 4.15. The van der Waals surface area contributed by atoms with Crippen molar-refractivity contribution < 1.29 is 9.53 Å². The van der Waals surface area contributed by atoms with Crippen LogP contribution >= 0.6 is 11.6 Å². The molecular weight excluding hydrogens is 266 g/mol. The lowest BCUT2D eigenvalue weighted by Crippen LogP contribution is -2.20. The van der Waals surface area contributed by atoms with Crippen LogP contribution in [0, 0.1) is 0 Å². The van der Waals surface area contributed by atoms with Crippen LogP contribution in [0.2, 0.25) is 5.15 Å². The zero-order valence-corrected chi connectivity index (χ0v) is 10.7. The van der Waals surface area contributed by atoms with Gasteiger partial charge < -0.3 is 15.8 Å². The standard InChI is InChI=1S/C13H12ClN3O2/c14-12-7-10(4-5-16-12)17-13(18)8-19-11-3-1-2-9(15)6-11/h1-7H,8,15H2,(H,16,17,18). The van der Waals surface area contributed by atoms with Crippen LogP contribution in [-0.4, -0.2) is 17.5 Å². The number of ether oxygens (including phenoxy) is 1. The molecule has 0 bridgehead atoms. The van der Waals surface area contributed by atoms with E-state index in [1.165, 1.54) is 6.20 Å². The van der Waals surface area contributed by atoms with Crippen LogP contribution in [0.15, 0.2) is 42.6 Å². The third-order valence-corrected chi connectivity index (χ3v) is 2.45. The van der Waals surface area contributed by atoms with Crippen LogP contribution in [0.5, 0.6) is 5.75 Å². The molecule has 0 saturated carbocycles. The number of hydrogen-bond donors (Lipinski definition) is 2. The van der Waals surface area contributed by atoms with Crippen molar-refractivity contribution in [3.05, 3.63) is 47.7 Å². The summed E-state index contributed by atoms with van der Waals surface area (Å²) in [6, 6.07) is 10.1. The average molecular weight is 278 g/mol. The number of nitrogens with zero attached hydrogens (tertiary/aromatic N) is 1. The fourth-order valence-corrected chi connectivity index (χ4v) is 1.60. The quantitative estimate of drug-likeness (QED) is 0.664. The Hall–Kier alpha value is -2.27. The number of hydrogen-bond acceptors (Lipinski definition) is 4. The molecule has 0 unspecified atom stereocenters. The van der Waals surface area contributed by atoms with Gasteiger partial charge in [-0.15, -0.1) is 0 Å². The Morgan fingerprint density at radius 3 is 2.95 bits per heavy atom. The van der Waals surface area contributed by atoms with Gasteiger partial charge in [0.15, 0.2) is 6.61 Å². The van der Waals surface area contributed by atoms with E-state index in [4.69, 9.17) is 22.1 Å². The number of pyridine rings is 1. The Balaban J connectivity index is 1.88. The summed E-state index contributed by atoms with van der Waals surface area (Å²) in [4.78, 5) is 15.5. The topological polar surface area (TPSA) is 77.2 Å². The first kappa shape index (κ1) is 13.2. The summed E-state index contributed by atoms with van der Waals surface area (Å²) >= 11 is 5.71. The number of rotatable bonds is 4. The summed E-state index contributed by atoms with van der Waals surface area (Å²) in [5.41, 5.74) is 6.76. The number of nitrogens with two attached hydrogens (primary N) is 1. The van der Waals surface area contributed by atoms with Gasteiger partial charge in [-0.3, -0.25) is 4.79 Å². The second-order valence-corrected chi connectivity index (χ2v) is 4.16. The number of carbonyl (C=O) groups excluding carboxylic acids is 1. The maximum absolute atomic E-state index is 11.7. The van der Waals surface area contributed by atoms with Crippen molar-refractivity contribution >= 4 is 28.9 Å². The summed E-state index contributed by atoms with van der Waals surface area (Å²) in [6.45, 7) is -0.108. The molecule has 0 aliphatic carbocycles. The molecule has 1 amide bonds. The first-order chi connectivity index (χ1) is 9.13. The van der Waals surface area contributed by atoms with Crippen molar-refractivity contribution in [2.24, 2.45) is 0 Å². The van der Waals surface area contributed by atoms with Crippen LogP contribution in [-0.2, 0) is 4.79 Å². The lowest BCUT2D eigenvalue weighted by molar-refractivity contribution is -0.118. The molecule has 0 saturated heterocycles. The fraction of sp³-hybridized carbons (Fsp3) is 0.0769. The number of halogens is 1. The molecule has 2 aromatic rings. The molecule has 0 radical (unpaired) electrons. The number of amides is 1. The van der Waals surface area contributed by atoms with Crippen molar-refractivity contribution in [2.45, 2.75) is 0 Å². The zero-order chi connectivity index (χ0) is 13.7. The van der Waals surface area contributed by atoms with Gasteiger partial charge in [-0.25, -0.2) is 4.98 Å². The van der Waals surface area contributed by atoms with E-state index in [-0.39, 0.29) is 12.5 Å². The Labute approximate surface area is 115 Å². The second kappa shape index (κ2) is 6.06. The lowest BCUT2D eigenvalue weighted by atomic mass is 10.3. The van der Waals surface area contributed by atoms with Gasteiger partial charge in [-0.1, -0.05) is 17.7 Å². The van der Waals surface area contributed by atoms with E-state index in [0.717, 1.165) is 0 Å². The molecule has 19 heavy (non-hydrogen) atoms. The van der Waals surface area contributed by atoms with Crippen LogP contribution in [0.25, 0.3) is 0 Å². The smallest absolute Gasteiger partial charge is 0.262 e. The summed E-state index contributed by atoms with van der Waals surface area (Å²) in [5.74, 6) is 0.257. The third-order valence-electron chi connectivity index (χ3n) is 2.24. The highest BCUT2D eigenvalue weighted by molar-refractivity contribution is 6.29. The van der Waals surface area contributed by atoms with Gasteiger partial charge in [-0.2, -0.15) is 0 Å². The molecule has 6 heteroatoms. The van der Waals surface area contributed by atoms with E-state index in [9.17, 15) is 4.79 Å². The zero-order valence-electron chi connectivity index (χ0n) is 9.97. The van der Waals surface area contributed by atoms with Gasteiger partial charge in [0.1, 0.15) is 10.9 Å². The Morgan fingerprint density at radius 1 is 1.37 bits per heavy atom. The van der Waals surface area contributed by atoms with Gasteiger partial charge in [0, 0.05) is 23.6 Å². The number of aromatic nitrogens is 1. The molecule has 0 atom stereocenters. The fourth-order valence-electron chi connectivity index (χ4n) is 1.43. The van der Waals surface area contributed by atoms with Gasteiger partial charge in [0.2, 0.25) is 0 Å². The average Bonchev–Trinajstić information content (AvgIpc) is 2.36. The molecule has 1 heterocycles. The van der Waals surface area contributed by atoms with E-state index in [1.807, 2.05) is 0 Å². The predicted molar refractivity (Wildman–Crippen MR) is 74.2 cm³/mol. The van der Waals surface area contributed by atoms with Gasteiger partial charge in [0.25, 0.3) is 5.91 Å². The van der Waals surface area contributed by atoms with Crippen LogP contribution < -0.4 is 15.8 Å². The molecule has 0 spiro atoms. The Morgan fingerprint density at radius 2 is 2.21 bits per heavy atom. The maximum Gasteiger partial charge on any atom is 0.262 e. The van der Waals surface area contributed by atoms with Crippen molar-refractivity contribution in [1.82, 2.24) is 4.98 Å². The van der Waals surface area contributed by atoms with Gasteiger partial charge >= 0.3 is 0 Å². The highest BCUT2D eigenvalue weighted by Crippen LogP contribution is 2.15. The number of anilines is 2. The summed E-state index contributed by atoms with van der Waals surface area (Å²) in [6.07, 6.45) is 1.51. The number of carbonyl (C=O) groups is 1. The predicted octanol–water partition coefficient (Wildman–Crippen LogP) is 2.33. The van der Waals surface area contributed by atoms with Gasteiger partial charge in [0.05, 0.1) is 0 Å². The van der Waals surface area contributed by atoms with E-state index in [2.05, 4.69) is 10.3 Å². The van der Waals surface area contributed by atoms with Crippen LogP contribution in [0.3, 0.4) is 0 Å². The van der Waals surface area contributed by atoms with Crippen molar-refractivity contribution in [3.8, 4) is 5.75 Å². The molecule has 5 nitrogen and oxygen atoms in total. The molecular formula is C13H12ClN3O2. The molecule has 0 aliphatic rings. The highest BCUT2D eigenvalue weighted by Gasteiger charge is 2.04. The summed E-state index contributed by atoms with van der Waals surface area (Å²) in [7, 11) is 0. The lowest BCUT2D eigenvalue weighted by Gasteiger charge is -2.07. The van der Waals surface area contributed by atoms with E-state index < -0.39 is 0 Å². The Bertz CT molecular complexity index is 590. The second-order valence-electron chi connectivity index (χ2n) is 3.78. The minimum atomic E-state index is -0.287. The van der Waals surface area contributed by atoms with Gasteiger partial charge in [-0.05, 0) is 24.3 Å². The number of benzene rings is 1. The van der Waals surface area contributed by atoms with E-state index in [1.54, 1.807) is 36.4 Å². The molecule has 0 aliphatic heterocycles. The largest absolute Gasteiger partial charge is 0.484 e. The SMILES string of the molecule is Nc1cccc(OCC(=O)Nc2ccnc(Cl)c2)c1.